The number of rotatable bonds is 4. The SMILES string of the molecule is CC(C1=CC=[C-]C1)c1ccccc1.CC(C1=CC=[C-]C1)c1ccccc1.[Fe+2]. The first kappa shape index (κ1) is 21.2. The molecule has 2 aromatic rings. The van der Waals surface area contributed by atoms with Gasteiger partial charge in [0.05, 0.1) is 0 Å². The first-order valence-corrected chi connectivity index (χ1v) is 9.37. The minimum Gasteiger partial charge on any atom is -0.273 e. The fraction of sp³-hybridized carbons (Fsp3) is 0.231. The fourth-order valence-electron chi connectivity index (χ4n) is 3.31. The number of hydrogen-bond acceptors (Lipinski definition) is 0. The molecular weight excluding hydrogens is 368 g/mol. The molecule has 1 heteroatoms. The van der Waals surface area contributed by atoms with Crippen LogP contribution in [0, 0.1) is 12.2 Å². The predicted molar refractivity (Wildman–Crippen MR) is 111 cm³/mol. The van der Waals surface area contributed by atoms with E-state index in [1.165, 1.54) is 22.3 Å². The van der Waals surface area contributed by atoms with Crippen molar-refractivity contribution in [2.75, 3.05) is 0 Å². The van der Waals surface area contributed by atoms with Gasteiger partial charge in [0.1, 0.15) is 0 Å². The molecule has 0 saturated carbocycles. The molecule has 0 aliphatic heterocycles. The molecule has 0 N–H and O–H groups in total. The summed E-state index contributed by atoms with van der Waals surface area (Å²) >= 11 is 0. The van der Waals surface area contributed by atoms with Crippen molar-refractivity contribution in [3.8, 4) is 0 Å². The van der Waals surface area contributed by atoms with Crippen LogP contribution in [-0.2, 0) is 17.1 Å². The van der Waals surface area contributed by atoms with E-state index in [-0.39, 0.29) is 17.1 Å². The molecule has 0 saturated heterocycles. The minimum atomic E-state index is 0. The van der Waals surface area contributed by atoms with Crippen LogP contribution in [0.3, 0.4) is 0 Å². The molecule has 0 aromatic heterocycles. The third-order valence-corrected chi connectivity index (χ3v) is 5.15. The summed E-state index contributed by atoms with van der Waals surface area (Å²) in [6.45, 7) is 4.50. The summed E-state index contributed by atoms with van der Waals surface area (Å²) in [7, 11) is 0. The monoisotopic (exact) mass is 394 g/mol. The molecule has 0 bridgehead atoms. The molecule has 27 heavy (non-hydrogen) atoms. The smallest absolute Gasteiger partial charge is 0.273 e. The third kappa shape index (κ3) is 5.96. The van der Waals surface area contributed by atoms with Crippen molar-refractivity contribution in [1.29, 1.82) is 0 Å². The van der Waals surface area contributed by atoms with Crippen LogP contribution < -0.4 is 0 Å². The van der Waals surface area contributed by atoms with Gasteiger partial charge in [-0.1, -0.05) is 74.5 Å². The Labute approximate surface area is 174 Å². The van der Waals surface area contributed by atoms with E-state index in [1.807, 2.05) is 12.2 Å². The molecular formula is C26H26Fe. The van der Waals surface area contributed by atoms with Crippen molar-refractivity contribution in [2.24, 2.45) is 0 Å². The van der Waals surface area contributed by atoms with Gasteiger partial charge >= 0.3 is 17.1 Å². The van der Waals surface area contributed by atoms with Gasteiger partial charge in [0.2, 0.25) is 0 Å². The molecule has 0 amide bonds. The van der Waals surface area contributed by atoms with E-state index in [0.717, 1.165) is 12.8 Å². The number of allylic oxidation sites excluding steroid dienone is 8. The normalized spacial score (nSPS) is 16.5. The van der Waals surface area contributed by atoms with Crippen molar-refractivity contribution < 1.29 is 17.1 Å². The van der Waals surface area contributed by atoms with Crippen LogP contribution >= 0.6 is 0 Å². The van der Waals surface area contributed by atoms with E-state index in [4.69, 9.17) is 0 Å². The van der Waals surface area contributed by atoms with Crippen LogP contribution in [0.2, 0.25) is 0 Å². The Morgan fingerprint density at radius 2 is 1.00 bits per heavy atom. The van der Waals surface area contributed by atoms with Crippen LogP contribution in [0.25, 0.3) is 0 Å². The topological polar surface area (TPSA) is 0 Å². The maximum Gasteiger partial charge on any atom is 2.00 e. The standard InChI is InChI=1S/2C13H13.Fe/c2*1-11(13-9-5-6-10-13)12-7-3-2-4-8-12;/h2*2-5,7-9,11H,10H2,1H3;/q2*-1;+2. The quantitative estimate of drug-likeness (QED) is 0.389. The van der Waals surface area contributed by atoms with Crippen molar-refractivity contribution in [3.63, 3.8) is 0 Å². The molecule has 138 valence electrons. The minimum absolute atomic E-state index is 0. The number of benzene rings is 2. The van der Waals surface area contributed by atoms with Crippen molar-refractivity contribution in [2.45, 2.75) is 38.5 Å². The van der Waals surface area contributed by atoms with Crippen LogP contribution in [0.5, 0.6) is 0 Å². The van der Waals surface area contributed by atoms with Gasteiger partial charge in [0.25, 0.3) is 0 Å². The first-order chi connectivity index (χ1) is 12.8. The first-order valence-electron chi connectivity index (χ1n) is 9.37. The summed E-state index contributed by atoms with van der Waals surface area (Å²) in [6.07, 6.45) is 16.8. The van der Waals surface area contributed by atoms with Gasteiger partial charge in [0.15, 0.2) is 0 Å². The largest absolute Gasteiger partial charge is 2.00 e. The number of hydrogen-bond donors (Lipinski definition) is 0. The van der Waals surface area contributed by atoms with E-state index in [9.17, 15) is 0 Å². The third-order valence-electron chi connectivity index (χ3n) is 5.15. The summed E-state index contributed by atoms with van der Waals surface area (Å²) in [4.78, 5) is 0. The summed E-state index contributed by atoms with van der Waals surface area (Å²) in [5, 5.41) is 0. The maximum atomic E-state index is 3.21. The zero-order chi connectivity index (χ0) is 18.2. The second-order valence-electron chi connectivity index (χ2n) is 6.84. The molecule has 0 heterocycles. The van der Waals surface area contributed by atoms with Gasteiger partial charge in [0, 0.05) is 0 Å². The Balaban J connectivity index is 0.000000187. The second kappa shape index (κ2) is 10.9. The molecule has 0 spiro atoms. The van der Waals surface area contributed by atoms with Crippen LogP contribution in [-0.4, -0.2) is 0 Å². The van der Waals surface area contributed by atoms with Gasteiger partial charge in [-0.3, -0.25) is 12.2 Å². The Hall–Kier alpha value is -2.08. The van der Waals surface area contributed by atoms with Gasteiger partial charge < -0.3 is 0 Å². The Morgan fingerprint density at radius 1 is 0.630 bits per heavy atom. The Morgan fingerprint density at radius 3 is 1.30 bits per heavy atom. The van der Waals surface area contributed by atoms with Gasteiger partial charge in [-0.15, -0.1) is 12.8 Å². The summed E-state index contributed by atoms with van der Waals surface area (Å²) in [5.74, 6) is 1.07. The van der Waals surface area contributed by atoms with E-state index < -0.39 is 0 Å². The van der Waals surface area contributed by atoms with E-state index in [2.05, 4.69) is 98.8 Å². The molecule has 2 aliphatic carbocycles. The molecule has 0 radical (unpaired) electrons. The molecule has 2 unspecified atom stereocenters. The van der Waals surface area contributed by atoms with Crippen molar-refractivity contribution in [1.82, 2.24) is 0 Å². The molecule has 4 rings (SSSR count). The van der Waals surface area contributed by atoms with Gasteiger partial charge in [-0.2, -0.15) is 11.1 Å². The zero-order valence-corrected chi connectivity index (χ0v) is 17.1. The Bertz CT molecular complexity index is 738. The van der Waals surface area contributed by atoms with E-state index >= 15 is 0 Å². The van der Waals surface area contributed by atoms with Crippen molar-refractivity contribution in [3.05, 3.63) is 119 Å². The molecule has 2 atom stereocenters. The second-order valence-corrected chi connectivity index (χ2v) is 6.84. The maximum absolute atomic E-state index is 3.21. The van der Waals surface area contributed by atoms with Gasteiger partial charge in [-0.25, -0.2) is 24.3 Å². The van der Waals surface area contributed by atoms with Crippen LogP contribution in [0.15, 0.2) is 96.1 Å². The summed E-state index contributed by atoms with van der Waals surface area (Å²) < 4.78 is 0. The zero-order valence-electron chi connectivity index (χ0n) is 16.0. The van der Waals surface area contributed by atoms with E-state index in [1.54, 1.807) is 0 Å². The molecule has 0 fully saturated rings. The molecule has 2 aromatic carbocycles. The molecule has 0 nitrogen and oxygen atoms in total. The van der Waals surface area contributed by atoms with E-state index in [0.29, 0.717) is 11.8 Å². The average Bonchev–Trinajstić information content (AvgIpc) is 3.43. The molecule has 2 aliphatic rings. The summed E-state index contributed by atoms with van der Waals surface area (Å²) in [5.41, 5.74) is 5.72. The Kier molecular flexibility index (Phi) is 8.58. The van der Waals surface area contributed by atoms with Crippen LogP contribution in [0.1, 0.15) is 49.7 Å². The van der Waals surface area contributed by atoms with Gasteiger partial charge in [-0.05, 0) is 23.0 Å². The average molecular weight is 394 g/mol. The van der Waals surface area contributed by atoms with Crippen molar-refractivity contribution >= 4 is 0 Å². The predicted octanol–water partition coefficient (Wildman–Crippen LogP) is 6.96. The summed E-state index contributed by atoms with van der Waals surface area (Å²) in [6, 6.07) is 21.2. The fourth-order valence-corrected chi connectivity index (χ4v) is 3.31. The van der Waals surface area contributed by atoms with Crippen LogP contribution in [0.4, 0.5) is 0 Å².